The lowest BCUT2D eigenvalue weighted by molar-refractivity contribution is -0.124. The van der Waals surface area contributed by atoms with Crippen molar-refractivity contribution in [1.29, 1.82) is 0 Å². The van der Waals surface area contributed by atoms with Crippen molar-refractivity contribution in [3.8, 4) is 0 Å². The van der Waals surface area contributed by atoms with Gasteiger partial charge >= 0.3 is 0 Å². The molecular weight excluding hydrogens is 356 g/mol. The summed E-state index contributed by atoms with van der Waals surface area (Å²) in [5.74, 6) is -0.294. The second-order valence-electron chi connectivity index (χ2n) is 7.29. The van der Waals surface area contributed by atoms with Crippen LogP contribution < -0.4 is 10.6 Å². The molecule has 3 N–H and O–H groups in total. The summed E-state index contributed by atoms with van der Waals surface area (Å²) in [6, 6.07) is 5.34. The predicted octanol–water partition coefficient (Wildman–Crippen LogP) is 2.82. The number of hydrogen-bond donors (Lipinski definition) is 3. The smallest absolute Gasteiger partial charge is 0.253 e. The Bertz CT molecular complexity index is 834. The number of ether oxygens (including phenoxy) is 1. The number of rotatable bonds is 7. The average molecular weight is 384 g/mol. The van der Waals surface area contributed by atoms with E-state index in [0.29, 0.717) is 24.4 Å². The molecule has 1 atom stereocenters. The van der Waals surface area contributed by atoms with Gasteiger partial charge in [-0.2, -0.15) is 5.10 Å². The number of nitrogens with zero attached hydrogens (tertiary/aromatic N) is 1. The number of aromatic nitrogens is 2. The first-order chi connectivity index (χ1) is 13.5. The van der Waals surface area contributed by atoms with Crippen LogP contribution in [0.3, 0.4) is 0 Å². The Balaban J connectivity index is 1.54. The zero-order chi connectivity index (χ0) is 20.1. The van der Waals surface area contributed by atoms with Crippen LogP contribution in [0.4, 0.5) is 5.69 Å². The van der Waals surface area contributed by atoms with E-state index in [1.165, 1.54) is 5.56 Å². The Kier molecular flexibility index (Phi) is 6.46. The van der Waals surface area contributed by atoms with E-state index in [4.69, 9.17) is 4.74 Å². The third kappa shape index (κ3) is 4.78. The third-order valence-electron chi connectivity index (χ3n) is 5.15. The molecule has 2 amide bonds. The molecule has 1 aliphatic heterocycles. The molecule has 0 aliphatic carbocycles. The Hall–Kier alpha value is -2.67. The monoisotopic (exact) mass is 384 g/mol. The number of H-pyrrole nitrogens is 1. The van der Waals surface area contributed by atoms with Crippen molar-refractivity contribution >= 4 is 17.5 Å². The van der Waals surface area contributed by atoms with E-state index in [-0.39, 0.29) is 11.8 Å². The van der Waals surface area contributed by atoms with Crippen molar-refractivity contribution in [2.75, 3.05) is 18.5 Å². The third-order valence-corrected chi connectivity index (χ3v) is 5.15. The largest absolute Gasteiger partial charge is 0.368 e. The number of benzene rings is 1. The van der Waals surface area contributed by atoms with Crippen LogP contribution in [0.1, 0.15) is 52.1 Å². The van der Waals surface area contributed by atoms with Gasteiger partial charge in [0.25, 0.3) is 11.8 Å². The van der Waals surface area contributed by atoms with Crippen molar-refractivity contribution in [2.24, 2.45) is 0 Å². The predicted molar refractivity (Wildman–Crippen MR) is 107 cm³/mol. The van der Waals surface area contributed by atoms with E-state index >= 15 is 0 Å². The molecule has 2 aromatic rings. The van der Waals surface area contributed by atoms with Crippen LogP contribution in [0.25, 0.3) is 0 Å². The highest BCUT2D eigenvalue weighted by Crippen LogP contribution is 2.20. The number of carbonyl (C=O) groups is 2. The van der Waals surface area contributed by atoms with E-state index < -0.39 is 6.10 Å². The number of hydrogen-bond acceptors (Lipinski definition) is 4. The molecule has 7 heteroatoms. The highest BCUT2D eigenvalue weighted by molar-refractivity contribution is 5.99. The van der Waals surface area contributed by atoms with Gasteiger partial charge in [0.15, 0.2) is 0 Å². The highest BCUT2D eigenvalue weighted by Gasteiger charge is 2.24. The summed E-state index contributed by atoms with van der Waals surface area (Å²) in [4.78, 5) is 24.8. The summed E-state index contributed by atoms with van der Waals surface area (Å²) < 4.78 is 5.42. The summed E-state index contributed by atoms with van der Waals surface area (Å²) in [5.41, 5.74) is 5.39. The maximum absolute atomic E-state index is 12.5. The van der Waals surface area contributed by atoms with Crippen molar-refractivity contribution in [1.82, 2.24) is 15.5 Å². The molecule has 0 bridgehead atoms. The summed E-state index contributed by atoms with van der Waals surface area (Å²) >= 11 is 0. The normalized spacial score (nSPS) is 16.2. The number of amides is 2. The molecule has 7 nitrogen and oxygen atoms in total. The minimum Gasteiger partial charge on any atom is -0.368 e. The van der Waals surface area contributed by atoms with E-state index in [0.717, 1.165) is 42.6 Å². The average Bonchev–Trinajstić information content (AvgIpc) is 3.32. The van der Waals surface area contributed by atoms with Crippen LogP contribution in [0.2, 0.25) is 0 Å². The van der Waals surface area contributed by atoms with Crippen molar-refractivity contribution < 1.29 is 14.3 Å². The first kappa shape index (κ1) is 20.1. The molecule has 1 saturated heterocycles. The van der Waals surface area contributed by atoms with Crippen molar-refractivity contribution in [3.05, 3.63) is 46.3 Å². The molecule has 1 fully saturated rings. The zero-order valence-corrected chi connectivity index (χ0v) is 16.7. The molecule has 1 aliphatic rings. The van der Waals surface area contributed by atoms with Gasteiger partial charge in [0, 0.05) is 30.1 Å². The molecule has 0 spiro atoms. The number of anilines is 1. The number of aromatic amines is 1. The summed E-state index contributed by atoms with van der Waals surface area (Å²) in [7, 11) is 0. The first-order valence-corrected chi connectivity index (χ1v) is 9.77. The molecule has 1 aromatic heterocycles. The highest BCUT2D eigenvalue weighted by atomic mass is 16.5. The Morgan fingerprint density at radius 1 is 1.29 bits per heavy atom. The van der Waals surface area contributed by atoms with Gasteiger partial charge in [0.2, 0.25) is 0 Å². The van der Waals surface area contributed by atoms with E-state index in [1.807, 2.05) is 26.8 Å². The van der Waals surface area contributed by atoms with Crippen LogP contribution in [0.5, 0.6) is 0 Å². The van der Waals surface area contributed by atoms with Gasteiger partial charge in [0.05, 0.1) is 5.69 Å². The van der Waals surface area contributed by atoms with Gasteiger partial charge in [-0.3, -0.25) is 14.7 Å². The first-order valence-electron chi connectivity index (χ1n) is 9.77. The fourth-order valence-corrected chi connectivity index (χ4v) is 3.41. The second-order valence-corrected chi connectivity index (χ2v) is 7.29. The summed E-state index contributed by atoms with van der Waals surface area (Å²) in [5, 5.41) is 13.0. The fraction of sp³-hybridized carbons (Fsp3) is 0.476. The topological polar surface area (TPSA) is 96.1 Å². The zero-order valence-electron chi connectivity index (χ0n) is 16.7. The minimum atomic E-state index is -0.397. The minimum absolute atomic E-state index is 0.145. The lowest BCUT2D eigenvalue weighted by Gasteiger charge is -2.14. The standard InChI is InChI=1S/C21H28N4O3/c1-13-8-9-16(12-18(13)23-21(27)19-7-5-11-28-19)20(26)22-10-4-6-17-14(2)24-25-15(17)3/h8-9,12,19H,4-7,10-11H2,1-3H3,(H,22,26)(H,23,27)(H,24,25)/t19-/m1/s1. The molecule has 0 radical (unpaired) electrons. The number of nitrogens with one attached hydrogen (secondary N) is 3. The van der Waals surface area contributed by atoms with Crippen molar-refractivity contribution in [3.63, 3.8) is 0 Å². The molecule has 3 rings (SSSR count). The second kappa shape index (κ2) is 9.01. The lowest BCUT2D eigenvalue weighted by Crippen LogP contribution is -2.28. The van der Waals surface area contributed by atoms with Gasteiger partial charge in [-0.1, -0.05) is 6.07 Å². The quantitative estimate of drug-likeness (QED) is 0.640. The van der Waals surface area contributed by atoms with Crippen molar-refractivity contribution in [2.45, 2.75) is 52.6 Å². The Morgan fingerprint density at radius 2 is 2.11 bits per heavy atom. The molecule has 1 aromatic carbocycles. The van der Waals surface area contributed by atoms with Crippen LogP contribution in [0, 0.1) is 20.8 Å². The molecular formula is C21H28N4O3. The van der Waals surface area contributed by atoms with Crippen LogP contribution in [-0.4, -0.2) is 41.3 Å². The Labute approximate surface area is 165 Å². The van der Waals surface area contributed by atoms with Gasteiger partial charge in [-0.15, -0.1) is 0 Å². The fourth-order valence-electron chi connectivity index (χ4n) is 3.41. The van der Waals surface area contributed by atoms with E-state index in [9.17, 15) is 9.59 Å². The number of carbonyl (C=O) groups excluding carboxylic acids is 2. The van der Waals surface area contributed by atoms with Gasteiger partial charge in [0.1, 0.15) is 6.10 Å². The van der Waals surface area contributed by atoms with Crippen LogP contribution >= 0.6 is 0 Å². The summed E-state index contributed by atoms with van der Waals surface area (Å²) in [6.07, 6.45) is 2.94. The van der Waals surface area contributed by atoms with Gasteiger partial charge < -0.3 is 15.4 Å². The van der Waals surface area contributed by atoms with Gasteiger partial charge in [-0.05, 0) is 69.7 Å². The molecule has 28 heavy (non-hydrogen) atoms. The van der Waals surface area contributed by atoms with E-state index in [1.54, 1.807) is 12.1 Å². The summed E-state index contributed by atoms with van der Waals surface area (Å²) in [6.45, 7) is 7.09. The molecule has 150 valence electrons. The van der Waals surface area contributed by atoms with Gasteiger partial charge in [-0.25, -0.2) is 0 Å². The maximum atomic E-state index is 12.5. The maximum Gasteiger partial charge on any atom is 0.253 e. The number of aryl methyl sites for hydroxylation is 3. The molecule has 2 heterocycles. The molecule has 0 unspecified atom stereocenters. The lowest BCUT2D eigenvalue weighted by atomic mass is 10.1. The SMILES string of the molecule is Cc1ccc(C(=O)NCCCc2c(C)n[nH]c2C)cc1NC(=O)[C@H]1CCCO1. The Morgan fingerprint density at radius 3 is 2.79 bits per heavy atom. The van der Waals surface area contributed by atoms with E-state index in [2.05, 4.69) is 20.8 Å². The molecule has 0 saturated carbocycles. The van der Waals surface area contributed by atoms with Crippen LogP contribution in [-0.2, 0) is 16.0 Å². The van der Waals surface area contributed by atoms with Crippen LogP contribution in [0.15, 0.2) is 18.2 Å².